The molecule has 8 heavy (non-hydrogen) atoms. The van der Waals surface area contributed by atoms with Gasteiger partial charge in [0.05, 0.1) is 0 Å². The molecule has 0 aliphatic heterocycles. The van der Waals surface area contributed by atoms with Crippen molar-refractivity contribution in [2.24, 2.45) is 0 Å². The summed E-state index contributed by atoms with van der Waals surface area (Å²) < 4.78 is 8.52. The number of rotatable bonds is 1. The summed E-state index contributed by atoms with van der Waals surface area (Å²) in [5, 5.41) is 7.41. The lowest BCUT2D eigenvalue weighted by atomic mass is 10.8. The number of hydrogen-bond donors (Lipinski definition) is 1. The first-order valence-corrected chi connectivity index (χ1v) is 2.16. The molecule has 0 heterocycles. The fourth-order valence-electron chi connectivity index (χ4n) is 0.0518. The summed E-state index contributed by atoms with van der Waals surface area (Å²) in [6, 6.07) is 0. The van der Waals surface area contributed by atoms with E-state index in [1.54, 1.807) is 0 Å². The van der Waals surface area contributed by atoms with Crippen LogP contribution in [0.3, 0.4) is 0 Å². The molecule has 0 aromatic rings. The SMILES string of the molecule is O=C(OO)C(F)(Cl)Cl. The van der Waals surface area contributed by atoms with Crippen LogP contribution in [-0.2, 0) is 9.68 Å². The van der Waals surface area contributed by atoms with Gasteiger partial charge in [0, 0.05) is 0 Å². The Labute approximate surface area is 53.9 Å². The van der Waals surface area contributed by atoms with Crippen LogP contribution in [0.2, 0.25) is 0 Å². The van der Waals surface area contributed by atoms with Crippen molar-refractivity contribution in [3.05, 3.63) is 0 Å². The van der Waals surface area contributed by atoms with Gasteiger partial charge >= 0.3 is 10.6 Å². The fraction of sp³-hybridized carbons (Fsp3) is 0.500. The molecule has 0 fully saturated rings. The van der Waals surface area contributed by atoms with Crippen LogP contribution in [0.1, 0.15) is 0 Å². The van der Waals surface area contributed by atoms with Gasteiger partial charge < -0.3 is 0 Å². The van der Waals surface area contributed by atoms with Gasteiger partial charge in [0.1, 0.15) is 0 Å². The molecule has 0 aliphatic carbocycles. The molecular formula is C2HCl2FO3. The van der Waals surface area contributed by atoms with E-state index in [9.17, 15) is 9.18 Å². The van der Waals surface area contributed by atoms with E-state index in [-0.39, 0.29) is 0 Å². The van der Waals surface area contributed by atoms with Gasteiger partial charge in [0.25, 0.3) is 0 Å². The minimum Gasteiger partial charge on any atom is -0.294 e. The van der Waals surface area contributed by atoms with E-state index in [0.29, 0.717) is 0 Å². The normalized spacial score (nSPS) is 11.0. The molecule has 3 nitrogen and oxygen atoms in total. The predicted octanol–water partition coefficient (Wildman–Crippen LogP) is 1.10. The van der Waals surface area contributed by atoms with Crippen LogP contribution < -0.4 is 0 Å². The molecule has 0 spiro atoms. The predicted molar refractivity (Wildman–Crippen MR) is 24.3 cm³/mol. The van der Waals surface area contributed by atoms with Crippen LogP contribution in [0.25, 0.3) is 0 Å². The number of hydrogen-bond acceptors (Lipinski definition) is 3. The van der Waals surface area contributed by atoms with Crippen molar-refractivity contribution in [2.75, 3.05) is 0 Å². The van der Waals surface area contributed by atoms with Crippen LogP contribution in [0.5, 0.6) is 0 Å². The van der Waals surface area contributed by atoms with Crippen LogP contribution in [0.15, 0.2) is 0 Å². The maximum Gasteiger partial charge on any atom is 0.410 e. The van der Waals surface area contributed by atoms with E-state index >= 15 is 0 Å². The zero-order valence-electron chi connectivity index (χ0n) is 3.40. The van der Waals surface area contributed by atoms with Crippen LogP contribution in [0.4, 0.5) is 4.39 Å². The van der Waals surface area contributed by atoms with E-state index in [1.165, 1.54) is 0 Å². The van der Waals surface area contributed by atoms with Gasteiger partial charge in [-0.15, -0.1) is 0 Å². The Morgan fingerprint density at radius 2 is 2.12 bits per heavy atom. The summed E-state index contributed by atoms with van der Waals surface area (Å²) in [5.41, 5.74) is 0. The number of carbonyl (C=O) groups is 1. The number of halogens is 3. The summed E-state index contributed by atoms with van der Waals surface area (Å²) in [6.07, 6.45) is 0. The zero-order chi connectivity index (χ0) is 6.78. The van der Waals surface area contributed by atoms with Gasteiger partial charge in [0.2, 0.25) is 0 Å². The molecule has 0 aromatic carbocycles. The zero-order valence-corrected chi connectivity index (χ0v) is 4.91. The first-order chi connectivity index (χ1) is 3.48. The maximum absolute atomic E-state index is 11.7. The van der Waals surface area contributed by atoms with Gasteiger partial charge in [-0.2, -0.15) is 9.65 Å². The van der Waals surface area contributed by atoms with Crippen molar-refractivity contribution in [2.45, 2.75) is 4.59 Å². The van der Waals surface area contributed by atoms with Gasteiger partial charge in [-0.05, 0) is 0 Å². The largest absolute Gasteiger partial charge is 0.410 e. The third-order valence-electron chi connectivity index (χ3n) is 0.314. The summed E-state index contributed by atoms with van der Waals surface area (Å²) in [4.78, 5) is 12.6. The number of carbonyl (C=O) groups excluding carboxylic acids is 1. The van der Waals surface area contributed by atoms with E-state index in [2.05, 4.69) is 28.1 Å². The van der Waals surface area contributed by atoms with Crippen LogP contribution >= 0.6 is 23.2 Å². The lowest BCUT2D eigenvalue weighted by Crippen LogP contribution is -2.21. The monoisotopic (exact) mass is 162 g/mol. The standard InChI is InChI=1S/C2HCl2FO3/c3-2(4,5)1(6)8-7/h7H. The van der Waals surface area contributed by atoms with Crippen LogP contribution in [0, 0.1) is 0 Å². The van der Waals surface area contributed by atoms with Gasteiger partial charge in [0.15, 0.2) is 0 Å². The highest BCUT2D eigenvalue weighted by Gasteiger charge is 2.35. The molecule has 0 aliphatic rings. The Morgan fingerprint density at radius 1 is 1.75 bits per heavy atom. The van der Waals surface area contributed by atoms with Crippen molar-refractivity contribution in [3.8, 4) is 0 Å². The highest BCUT2D eigenvalue weighted by atomic mass is 35.5. The van der Waals surface area contributed by atoms with Crippen molar-refractivity contribution in [3.63, 3.8) is 0 Å². The molecule has 0 aromatic heterocycles. The molecule has 0 radical (unpaired) electrons. The summed E-state index contributed by atoms with van der Waals surface area (Å²) in [5.74, 6) is -1.75. The fourth-order valence-corrected chi connectivity index (χ4v) is 0.121. The Bertz CT molecular complexity index is 97.9. The Hall–Kier alpha value is -0.0600. The summed E-state index contributed by atoms with van der Waals surface area (Å²) in [6.45, 7) is 0. The molecule has 1 N–H and O–H groups in total. The molecule has 0 unspecified atom stereocenters. The lowest BCUT2D eigenvalue weighted by molar-refractivity contribution is -0.238. The summed E-state index contributed by atoms with van der Waals surface area (Å²) in [7, 11) is 0. The van der Waals surface area contributed by atoms with Crippen molar-refractivity contribution in [1.29, 1.82) is 0 Å². The third kappa shape index (κ3) is 2.30. The van der Waals surface area contributed by atoms with Crippen molar-refractivity contribution in [1.82, 2.24) is 0 Å². The molecule has 48 valence electrons. The minimum absolute atomic E-state index is 1.75. The first kappa shape index (κ1) is 7.94. The second-order valence-corrected chi connectivity index (χ2v) is 2.11. The van der Waals surface area contributed by atoms with Crippen molar-refractivity contribution >= 4 is 29.2 Å². The topological polar surface area (TPSA) is 46.5 Å². The van der Waals surface area contributed by atoms with Gasteiger partial charge in [-0.3, -0.25) is 4.89 Å². The molecule has 0 amide bonds. The third-order valence-corrected chi connectivity index (χ3v) is 0.623. The molecule has 0 rings (SSSR count). The molecule has 0 atom stereocenters. The van der Waals surface area contributed by atoms with Crippen LogP contribution in [-0.4, -0.2) is 15.8 Å². The lowest BCUT2D eigenvalue weighted by Gasteiger charge is -2.01. The first-order valence-electron chi connectivity index (χ1n) is 1.41. The van der Waals surface area contributed by atoms with E-state index in [1.807, 2.05) is 0 Å². The average molecular weight is 163 g/mol. The second-order valence-electron chi connectivity index (χ2n) is 0.877. The number of alkyl halides is 3. The molecular weight excluding hydrogens is 162 g/mol. The average Bonchev–Trinajstić information content (AvgIpc) is 1.62. The van der Waals surface area contributed by atoms with Gasteiger partial charge in [-0.25, -0.2) is 4.79 Å². The Balaban J connectivity index is 3.82. The quantitative estimate of drug-likeness (QED) is 0.357. The highest BCUT2D eigenvalue weighted by Crippen LogP contribution is 2.23. The Morgan fingerprint density at radius 3 is 2.12 bits per heavy atom. The van der Waals surface area contributed by atoms with Gasteiger partial charge in [-0.1, -0.05) is 23.2 Å². The maximum atomic E-state index is 11.7. The highest BCUT2D eigenvalue weighted by molar-refractivity contribution is 6.56. The smallest absolute Gasteiger partial charge is 0.294 e. The molecule has 0 bridgehead atoms. The Kier molecular flexibility index (Phi) is 2.46. The molecule has 0 saturated heterocycles. The molecule has 6 heteroatoms. The van der Waals surface area contributed by atoms with Crippen molar-refractivity contribution < 1.29 is 19.3 Å². The molecule has 0 saturated carbocycles. The second kappa shape index (κ2) is 2.48. The minimum atomic E-state index is -3.16. The van der Waals surface area contributed by atoms with E-state index in [0.717, 1.165) is 0 Å². The van der Waals surface area contributed by atoms with E-state index < -0.39 is 10.6 Å². The summed E-state index contributed by atoms with van der Waals surface area (Å²) >= 11 is 8.90. The van der Waals surface area contributed by atoms with E-state index in [4.69, 9.17) is 5.26 Å².